The highest BCUT2D eigenvalue weighted by molar-refractivity contribution is 9.11. The Labute approximate surface area is 152 Å². The van der Waals surface area contributed by atoms with E-state index in [0.29, 0.717) is 5.89 Å². The van der Waals surface area contributed by atoms with Gasteiger partial charge in [0.2, 0.25) is 5.91 Å². The molecule has 126 valence electrons. The molecule has 4 aliphatic carbocycles. The molecule has 4 bridgehead atoms. The number of anilines is 1. The van der Waals surface area contributed by atoms with Crippen molar-refractivity contribution in [2.24, 2.45) is 23.2 Å². The molecule has 0 aromatic carbocycles. The fraction of sp³-hybridized carbons (Fsp3) is 0.588. The van der Waals surface area contributed by atoms with Crippen LogP contribution >= 0.6 is 27.3 Å². The average molecular weight is 408 g/mol. The first-order valence-electron chi connectivity index (χ1n) is 8.50. The van der Waals surface area contributed by atoms with E-state index in [1.807, 2.05) is 12.1 Å². The van der Waals surface area contributed by atoms with Gasteiger partial charge in [-0.1, -0.05) is 5.10 Å². The Morgan fingerprint density at radius 2 is 1.83 bits per heavy atom. The minimum Gasteiger partial charge on any atom is -0.402 e. The van der Waals surface area contributed by atoms with Crippen molar-refractivity contribution in [1.82, 2.24) is 10.2 Å². The fourth-order valence-corrected chi connectivity index (χ4v) is 6.73. The summed E-state index contributed by atoms with van der Waals surface area (Å²) in [5, 5.41) is 11.0. The summed E-state index contributed by atoms with van der Waals surface area (Å²) >= 11 is 4.95. The van der Waals surface area contributed by atoms with Gasteiger partial charge < -0.3 is 4.42 Å². The van der Waals surface area contributed by atoms with E-state index < -0.39 is 0 Å². The van der Waals surface area contributed by atoms with Crippen LogP contribution in [0.1, 0.15) is 38.5 Å². The van der Waals surface area contributed by atoms with Gasteiger partial charge in [-0.25, -0.2) is 0 Å². The van der Waals surface area contributed by atoms with E-state index >= 15 is 0 Å². The molecule has 24 heavy (non-hydrogen) atoms. The molecule has 5 nitrogen and oxygen atoms in total. The van der Waals surface area contributed by atoms with Crippen molar-refractivity contribution < 1.29 is 9.21 Å². The molecule has 0 atom stereocenters. The fourth-order valence-electron chi connectivity index (χ4n) is 5.42. The van der Waals surface area contributed by atoms with E-state index in [2.05, 4.69) is 31.4 Å². The highest BCUT2D eigenvalue weighted by atomic mass is 79.9. The van der Waals surface area contributed by atoms with E-state index in [1.165, 1.54) is 30.6 Å². The van der Waals surface area contributed by atoms with Crippen molar-refractivity contribution in [3.63, 3.8) is 0 Å². The zero-order valence-corrected chi connectivity index (χ0v) is 15.5. The number of halogens is 1. The minimum atomic E-state index is -0.199. The van der Waals surface area contributed by atoms with Crippen LogP contribution in [0.4, 0.5) is 6.01 Å². The van der Waals surface area contributed by atoms with Gasteiger partial charge in [0.15, 0.2) is 0 Å². The lowest BCUT2D eigenvalue weighted by Gasteiger charge is -2.55. The van der Waals surface area contributed by atoms with E-state index in [0.717, 1.165) is 45.7 Å². The maximum atomic E-state index is 13.0. The quantitative estimate of drug-likeness (QED) is 0.799. The number of nitrogens with zero attached hydrogens (tertiary/aromatic N) is 2. The van der Waals surface area contributed by atoms with Crippen LogP contribution in [-0.2, 0) is 4.79 Å². The molecule has 4 fully saturated rings. The first-order valence-corrected chi connectivity index (χ1v) is 10.1. The molecule has 4 aliphatic rings. The van der Waals surface area contributed by atoms with E-state index in [1.54, 1.807) is 0 Å². The Morgan fingerprint density at radius 3 is 2.42 bits per heavy atom. The molecule has 6 rings (SSSR count). The Hall–Kier alpha value is -1.21. The first kappa shape index (κ1) is 15.1. The molecule has 0 saturated heterocycles. The number of hydrogen-bond donors (Lipinski definition) is 1. The second kappa shape index (κ2) is 5.39. The predicted octanol–water partition coefficient (Wildman–Crippen LogP) is 4.72. The average Bonchev–Trinajstić information content (AvgIpc) is 3.15. The molecular formula is C17H18BrN3O2S. The van der Waals surface area contributed by atoms with Crippen molar-refractivity contribution in [2.75, 3.05) is 5.32 Å². The summed E-state index contributed by atoms with van der Waals surface area (Å²) in [7, 11) is 0. The largest absolute Gasteiger partial charge is 0.402 e. The highest BCUT2D eigenvalue weighted by Gasteiger charge is 2.54. The molecule has 4 saturated carbocycles. The first-order chi connectivity index (χ1) is 11.6. The molecule has 1 amide bonds. The third-order valence-electron chi connectivity index (χ3n) is 5.95. The third-order valence-corrected chi connectivity index (χ3v) is 7.56. The van der Waals surface area contributed by atoms with Crippen LogP contribution in [0.2, 0.25) is 0 Å². The van der Waals surface area contributed by atoms with Crippen LogP contribution in [0, 0.1) is 23.2 Å². The Balaban J connectivity index is 1.35. The van der Waals surface area contributed by atoms with E-state index in [-0.39, 0.29) is 17.3 Å². The molecule has 2 aromatic rings. The van der Waals surface area contributed by atoms with E-state index in [4.69, 9.17) is 4.42 Å². The molecule has 2 heterocycles. The summed E-state index contributed by atoms with van der Waals surface area (Å²) in [6, 6.07) is 4.08. The Kier molecular flexibility index (Phi) is 3.39. The zero-order chi connectivity index (χ0) is 16.3. The van der Waals surface area contributed by atoms with Gasteiger partial charge in [0.25, 0.3) is 5.89 Å². The van der Waals surface area contributed by atoms with Crippen LogP contribution in [0.3, 0.4) is 0 Å². The summed E-state index contributed by atoms with van der Waals surface area (Å²) < 4.78 is 6.66. The van der Waals surface area contributed by atoms with Gasteiger partial charge in [-0.2, -0.15) is 0 Å². The van der Waals surface area contributed by atoms with Crippen LogP contribution in [0.25, 0.3) is 10.8 Å². The number of carbonyl (C=O) groups is 1. The summed E-state index contributed by atoms with van der Waals surface area (Å²) in [5.74, 6) is 2.76. The smallest absolute Gasteiger partial charge is 0.322 e. The van der Waals surface area contributed by atoms with Gasteiger partial charge in [-0.05, 0) is 84.3 Å². The van der Waals surface area contributed by atoms with Gasteiger partial charge in [0, 0.05) is 0 Å². The molecule has 7 heteroatoms. The molecule has 0 spiro atoms. The number of thiophene rings is 1. The lowest BCUT2D eigenvalue weighted by atomic mass is 9.49. The van der Waals surface area contributed by atoms with E-state index in [9.17, 15) is 4.79 Å². The summed E-state index contributed by atoms with van der Waals surface area (Å²) in [5.41, 5.74) is -0.199. The van der Waals surface area contributed by atoms with Gasteiger partial charge in [-0.15, -0.1) is 16.4 Å². The molecule has 1 N–H and O–H groups in total. The lowest BCUT2D eigenvalue weighted by molar-refractivity contribution is -0.140. The van der Waals surface area contributed by atoms with Crippen molar-refractivity contribution in [3.8, 4) is 10.8 Å². The summed E-state index contributed by atoms with van der Waals surface area (Å²) in [6.45, 7) is 0. The van der Waals surface area contributed by atoms with Gasteiger partial charge in [-0.3, -0.25) is 10.1 Å². The molecule has 0 unspecified atom stereocenters. The lowest BCUT2D eigenvalue weighted by Crippen LogP contribution is -2.51. The molecule has 2 aromatic heterocycles. The number of hydrogen-bond acceptors (Lipinski definition) is 5. The number of amides is 1. The Bertz CT molecular complexity index is 764. The van der Waals surface area contributed by atoms with Gasteiger partial charge >= 0.3 is 6.01 Å². The topological polar surface area (TPSA) is 68.0 Å². The summed E-state index contributed by atoms with van der Waals surface area (Å²) in [4.78, 5) is 13.9. The molecule has 0 aliphatic heterocycles. The SMILES string of the molecule is O=C(Nc1nnc(-c2ccc(Br)s2)o1)C12CC3CC(CC(C3)C1)C2. The van der Waals surface area contributed by atoms with Crippen molar-refractivity contribution in [3.05, 3.63) is 15.9 Å². The normalized spacial score (nSPS) is 33.8. The number of carbonyl (C=O) groups excluding carboxylic acids is 1. The van der Waals surface area contributed by atoms with Gasteiger partial charge in [0.1, 0.15) is 0 Å². The standard InChI is InChI=1S/C17H18BrN3O2S/c18-13-2-1-12(24-13)14-20-21-16(23-14)19-15(22)17-6-9-3-10(7-17)5-11(4-9)8-17/h1-2,9-11H,3-8H2,(H,19,21,22). The number of rotatable bonds is 3. The number of aromatic nitrogens is 2. The third kappa shape index (κ3) is 2.44. The summed E-state index contributed by atoms with van der Waals surface area (Å²) in [6.07, 6.45) is 7.07. The molecule has 0 radical (unpaired) electrons. The van der Waals surface area contributed by atoms with Crippen LogP contribution < -0.4 is 5.32 Å². The highest BCUT2D eigenvalue weighted by Crippen LogP contribution is 2.60. The molecular weight excluding hydrogens is 390 g/mol. The van der Waals surface area contributed by atoms with Crippen molar-refractivity contribution in [2.45, 2.75) is 38.5 Å². The zero-order valence-electron chi connectivity index (χ0n) is 13.1. The van der Waals surface area contributed by atoms with Crippen LogP contribution in [0.5, 0.6) is 0 Å². The number of nitrogens with one attached hydrogen (secondary N) is 1. The van der Waals surface area contributed by atoms with Crippen molar-refractivity contribution >= 4 is 39.2 Å². The maximum Gasteiger partial charge on any atom is 0.322 e. The minimum absolute atomic E-state index is 0.0872. The monoisotopic (exact) mass is 407 g/mol. The van der Waals surface area contributed by atoms with Crippen LogP contribution in [-0.4, -0.2) is 16.1 Å². The predicted molar refractivity (Wildman–Crippen MR) is 94.5 cm³/mol. The maximum absolute atomic E-state index is 13.0. The van der Waals surface area contributed by atoms with Gasteiger partial charge in [0.05, 0.1) is 14.1 Å². The van der Waals surface area contributed by atoms with Crippen LogP contribution in [0.15, 0.2) is 20.3 Å². The Morgan fingerprint density at radius 1 is 1.17 bits per heavy atom. The second-order valence-electron chi connectivity index (χ2n) is 7.67. The van der Waals surface area contributed by atoms with Crippen molar-refractivity contribution in [1.29, 1.82) is 0 Å². The second-order valence-corrected chi connectivity index (χ2v) is 10.1.